The monoisotopic (exact) mass is 528 g/mol. The molecule has 2 N–H and O–H groups in total. The van der Waals surface area contributed by atoms with Gasteiger partial charge in [0, 0.05) is 28.8 Å². The van der Waals surface area contributed by atoms with E-state index in [4.69, 9.17) is 32.7 Å². The average Bonchev–Trinajstić information content (AvgIpc) is 2.90. The van der Waals surface area contributed by atoms with Crippen molar-refractivity contribution in [3.05, 3.63) is 70.2 Å². The number of ether oxygens (including phenoxy) is 2. The van der Waals surface area contributed by atoms with Gasteiger partial charge < -0.3 is 14.8 Å². The van der Waals surface area contributed by atoms with Gasteiger partial charge in [0.05, 0.1) is 54.6 Å². The maximum absolute atomic E-state index is 12.6. The Kier molecular flexibility index (Phi) is 8.27. The summed E-state index contributed by atoms with van der Waals surface area (Å²) in [5, 5.41) is 3.93. The molecule has 2 heterocycles. The van der Waals surface area contributed by atoms with Crippen LogP contribution in [0.2, 0.25) is 10.0 Å². The highest BCUT2D eigenvalue weighted by molar-refractivity contribution is 6.39. The second-order valence-corrected chi connectivity index (χ2v) is 8.35. The molecule has 0 saturated heterocycles. The number of rotatable bonds is 9. The van der Waals surface area contributed by atoms with E-state index in [1.165, 1.54) is 13.3 Å². The van der Waals surface area contributed by atoms with Crippen LogP contribution in [0.4, 0.5) is 4.48 Å². The van der Waals surface area contributed by atoms with Crippen LogP contribution >= 0.6 is 23.2 Å². The van der Waals surface area contributed by atoms with Gasteiger partial charge in [-0.05, 0) is 7.05 Å². The molecular weight excluding hydrogens is 506 g/mol. The van der Waals surface area contributed by atoms with Crippen LogP contribution in [0.1, 0.15) is 11.4 Å². The highest BCUT2D eigenvalue weighted by atomic mass is 35.5. The van der Waals surface area contributed by atoms with Crippen LogP contribution in [0, 0.1) is 0 Å². The minimum atomic E-state index is -0.129. The Morgan fingerprint density at radius 1 is 0.750 bits per heavy atom. The lowest BCUT2D eigenvalue weighted by molar-refractivity contribution is 0.317. The summed E-state index contributed by atoms with van der Waals surface area (Å²) in [6.45, 7) is 0.391. The number of halogens is 3. The molecule has 2 aromatic heterocycles. The Morgan fingerprint density at radius 2 is 1.19 bits per heavy atom. The second kappa shape index (κ2) is 11.6. The SMILES string of the molecule is CNCc1ncc(-c2cccc(-c3cccc(-c4cnc(CNF)c(OC)n4)c3Cl)c2Cl)nc1OC. The van der Waals surface area contributed by atoms with Crippen LogP contribution in [0.5, 0.6) is 11.8 Å². The highest BCUT2D eigenvalue weighted by Crippen LogP contribution is 2.42. The van der Waals surface area contributed by atoms with Crippen molar-refractivity contribution in [3.8, 4) is 45.4 Å². The zero-order valence-corrected chi connectivity index (χ0v) is 21.3. The van der Waals surface area contributed by atoms with Gasteiger partial charge in [0.15, 0.2) is 0 Å². The third kappa shape index (κ3) is 5.10. The van der Waals surface area contributed by atoms with Gasteiger partial charge in [0.2, 0.25) is 11.8 Å². The summed E-state index contributed by atoms with van der Waals surface area (Å²) in [5.41, 5.74) is 6.34. The van der Waals surface area contributed by atoms with Gasteiger partial charge in [-0.1, -0.05) is 59.6 Å². The fourth-order valence-electron chi connectivity index (χ4n) is 3.73. The molecule has 2 aromatic carbocycles. The van der Waals surface area contributed by atoms with Gasteiger partial charge in [0.1, 0.15) is 11.4 Å². The number of hydrogen-bond acceptors (Lipinski definition) is 8. The van der Waals surface area contributed by atoms with E-state index in [0.29, 0.717) is 67.5 Å². The van der Waals surface area contributed by atoms with Gasteiger partial charge >= 0.3 is 0 Å². The normalized spacial score (nSPS) is 10.9. The second-order valence-electron chi connectivity index (χ2n) is 7.60. The average molecular weight is 529 g/mol. The number of nitrogens with zero attached hydrogens (tertiary/aromatic N) is 4. The Balaban J connectivity index is 1.78. The van der Waals surface area contributed by atoms with Crippen molar-refractivity contribution in [3.63, 3.8) is 0 Å². The lowest BCUT2D eigenvalue weighted by Gasteiger charge is -2.15. The van der Waals surface area contributed by atoms with Crippen molar-refractivity contribution in [1.82, 2.24) is 30.8 Å². The number of aromatic nitrogens is 4. The van der Waals surface area contributed by atoms with Crippen LogP contribution in [-0.2, 0) is 13.1 Å². The summed E-state index contributed by atoms with van der Waals surface area (Å²) in [4.78, 5) is 17.8. The van der Waals surface area contributed by atoms with Gasteiger partial charge in [-0.15, -0.1) is 4.48 Å². The van der Waals surface area contributed by atoms with E-state index in [1.807, 2.05) is 43.4 Å². The maximum atomic E-state index is 12.6. The first-order chi connectivity index (χ1) is 17.5. The third-order valence-corrected chi connectivity index (χ3v) is 6.24. The van der Waals surface area contributed by atoms with Crippen molar-refractivity contribution in [2.75, 3.05) is 21.3 Å². The van der Waals surface area contributed by atoms with E-state index in [-0.39, 0.29) is 12.4 Å². The summed E-state index contributed by atoms with van der Waals surface area (Å²) >= 11 is 13.7. The molecule has 186 valence electrons. The van der Waals surface area contributed by atoms with Crippen molar-refractivity contribution in [2.45, 2.75) is 13.1 Å². The van der Waals surface area contributed by atoms with Crippen molar-refractivity contribution < 1.29 is 14.0 Å². The molecule has 4 aromatic rings. The number of methoxy groups -OCH3 is 2. The van der Waals surface area contributed by atoms with Gasteiger partial charge in [-0.3, -0.25) is 9.97 Å². The molecule has 0 atom stereocenters. The number of benzene rings is 2. The predicted molar refractivity (Wildman–Crippen MR) is 138 cm³/mol. The zero-order chi connectivity index (χ0) is 25.7. The van der Waals surface area contributed by atoms with Crippen LogP contribution in [-0.4, -0.2) is 41.2 Å². The molecule has 0 spiro atoms. The van der Waals surface area contributed by atoms with Crippen LogP contribution in [0.3, 0.4) is 0 Å². The Bertz CT molecular complexity index is 1280. The fraction of sp³-hybridized carbons (Fsp3) is 0.200. The molecule has 0 saturated carbocycles. The Hall–Kier alpha value is -3.37. The summed E-state index contributed by atoms with van der Waals surface area (Å²) in [5.74, 6) is 0.621. The van der Waals surface area contributed by atoms with Crippen LogP contribution < -0.4 is 20.3 Å². The largest absolute Gasteiger partial charge is 0.480 e. The molecule has 8 nitrogen and oxygen atoms in total. The van der Waals surface area contributed by atoms with Crippen molar-refractivity contribution >= 4 is 23.2 Å². The molecule has 0 bridgehead atoms. The van der Waals surface area contributed by atoms with Crippen LogP contribution in [0.25, 0.3) is 33.6 Å². The smallest absolute Gasteiger partial charge is 0.237 e. The minimum absolute atomic E-state index is 0.129. The molecule has 0 unspecified atom stereocenters. The molecule has 11 heteroatoms. The lowest BCUT2D eigenvalue weighted by atomic mass is 9.98. The van der Waals surface area contributed by atoms with Gasteiger partial charge in [0.25, 0.3) is 0 Å². The maximum Gasteiger partial charge on any atom is 0.237 e. The highest BCUT2D eigenvalue weighted by Gasteiger charge is 2.19. The van der Waals surface area contributed by atoms with Gasteiger partial charge in [-0.2, -0.15) is 5.54 Å². The summed E-state index contributed by atoms with van der Waals surface area (Å²) in [6, 6.07) is 11.1. The lowest BCUT2D eigenvalue weighted by Crippen LogP contribution is -2.10. The number of hydrogen-bond donors (Lipinski definition) is 2. The first-order valence-corrected chi connectivity index (χ1v) is 11.6. The molecule has 0 radical (unpaired) electrons. The van der Waals surface area contributed by atoms with E-state index in [1.54, 1.807) is 18.8 Å². The minimum Gasteiger partial charge on any atom is -0.480 e. The summed E-state index contributed by atoms with van der Waals surface area (Å²) in [6.07, 6.45) is 3.18. The topological polar surface area (TPSA) is 94.1 Å². The quantitative estimate of drug-likeness (QED) is 0.283. The molecule has 0 aliphatic rings. The Morgan fingerprint density at radius 3 is 1.61 bits per heavy atom. The van der Waals surface area contributed by atoms with E-state index in [9.17, 15) is 4.48 Å². The molecule has 0 aliphatic carbocycles. The van der Waals surface area contributed by atoms with Crippen molar-refractivity contribution in [1.29, 1.82) is 0 Å². The fourth-order valence-corrected chi connectivity index (χ4v) is 4.38. The number of nitrogens with one attached hydrogen (secondary N) is 2. The summed E-state index contributed by atoms with van der Waals surface area (Å²) < 4.78 is 23.3. The van der Waals surface area contributed by atoms with E-state index >= 15 is 0 Å². The Labute approximate surface area is 217 Å². The molecule has 0 amide bonds. The standard InChI is InChI=1S/C25H23Cl2FN6O2/c1-29-10-20-24(35-2)33-18(11-30-20)16-8-4-6-14(22(16)26)15-7-5-9-17(23(15)27)19-12-31-21(13-32-28)25(34-19)36-3/h4-9,11-12,29,32H,10,13H2,1-3H3. The third-order valence-electron chi connectivity index (χ3n) is 5.43. The van der Waals surface area contributed by atoms with Crippen molar-refractivity contribution in [2.24, 2.45) is 0 Å². The van der Waals surface area contributed by atoms with Gasteiger partial charge in [-0.25, -0.2) is 9.97 Å². The van der Waals surface area contributed by atoms with E-state index in [0.717, 1.165) is 0 Å². The van der Waals surface area contributed by atoms with E-state index in [2.05, 4.69) is 25.3 Å². The molecule has 0 fully saturated rings. The zero-order valence-electron chi connectivity index (χ0n) is 19.8. The molecule has 0 aliphatic heterocycles. The molecular formula is C25H23Cl2FN6O2. The predicted octanol–water partition coefficient (Wildman–Crippen LogP) is 5.29. The first kappa shape index (κ1) is 25.7. The summed E-state index contributed by atoms with van der Waals surface area (Å²) in [7, 11) is 4.82. The van der Waals surface area contributed by atoms with Crippen LogP contribution in [0.15, 0.2) is 48.8 Å². The first-order valence-electron chi connectivity index (χ1n) is 10.9. The van der Waals surface area contributed by atoms with E-state index < -0.39 is 0 Å². The molecule has 36 heavy (non-hydrogen) atoms. The molecule has 4 rings (SSSR count).